The van der Waals surface area contributed by atoms with Crippen LogP contribution in [0.3, 0.4) is 0 Å². The van der Waals surface area contributed by atoms with Crippen LogP contribution in [0.1, 0.15) is 22.3 Å². The second-order valence-corrected chi connectivity index (χ2v) is 17.6. The number of benzene rings is 10. The zero-order valence-corrected chi connectivity index (χ0v) is 37.1. The van der Waals surface area contributed by atoms with E-state index in [0.717, 1.165) is 77.8 Å². The highest BCUT2D eigenvalue weighted by atomic mass is 16.3. The molecule has 1 aliphatic rings. The van der Waals surface area contributed by atoms with Crippen LogP contribution in [0.25, 0.3) is 100 Å². The van der Waals surface area contributed by atoms with Gasteiger partial charge >= 0.3 is 0 Å². The van der Waals surface area contributed by atoms with Gasteiger partial charge in [-0.1, -0.05) is 206 Å². The number of hydrogen-bond acceptors (Lipinski definition) is 3. The standard InChI is InChI=1S/C65H42N2O/c1-5-19-43(20-6-1)48-38-49(45-35-36-62-56(41-45)54-29-14-16-34-61(54)68-62)40-50(39-48)60-42-59(66-64(67-60)44-21-7-2-8-22-44)47-24-17-23-46(37-47)53-31-18-33-58-63(53)55-30-13-15-32-57(55)65(58,51-25-9-3-10-26-51)52-27-11-4-12-28-52/h1-42H. The average molecular weight is 867 g/mol. The summed E-state index contributed by atoms with van der Waals surface area (Å²) >= 11 is 0. The molecule has 0 aliphatic heterocycles. The summed E-state index contributed by atoms with van der Waals surface area (Å²) < 4.78 is 6.24. The van der Waals surface area contributed by atoms with Crippen LogP contribution in [0.5, 0.6) is 0 Å². The highest BCUT2D eigenvalue weighted by Crippen LogP contribution is 2.58. The monoisotopic (exact) mass is 866 g/mol. The number of hydrogen-bond donors (Lipinski definition) is 0. The summed E-state index contributed by atoms with van der Waals surface area (Å²) in [6, 6.07) is 91.3. The molecule has 0 spiro atoms. The maximum atomic E-state index is 6.24. The zero-order valence-electron chi connectivity index (χ0n) is 37.1. The van der Waals surface area contributed by atoms with Crippen molar-refractivity contribution in [1.29, 1.82) is 0 Å². The van der Waals surface area contributed by atoms with Crippen molar-refractivity contribution in [3.8, 4) is 78.4 Å². The van der Waals surface area contributed by atoms with Crippen molar-refractivity contribution < 1.29 is 4.42 Å². The number of aromatic nitrogens is 2. The quantitative estimate of drug-likeness (QED) is 0.153. The lowest BCUT2D eigenvalue weighted by Crippen LogP contribution is -2.28. The molecule has 0 amide bonds. The Balaban J connectivity index is 0.990. The van der Waals surface area contributed by atoms with Crippen LogP contribution in [0.2, 0.25) is 0 Å². The summed E-state index contributed by atoms with van der Waals surface area (Å²) in [7, 11) is 0. The van der Waals surface area contributed by atoms with Crippen LogP contribution >= 0.6 is 0 Å². The Kier molecular flexibility index (Phi) is 9.40. The first-order valence-electron chi connectivity index (χ1n) is 23.2. The van der Waals surface area contributed by atoms with Gasteiger partial charge in [-0.15, -0.1) is 0 Å². The molecule has 68 heavy (non-hydrogen) atoms. The maximum Gasteiger partial charge on any atom is 0.160 e. The lowest BCUT2D eigenvalue weighted by atomic mass is 9.67. The molecule has 0 fully saturated rings. The van der Waals surface area contributed by atoms with Gasteiger partial charge in [-0.2, -0.15) is 0 Å². The van der Waals surface area contributed by atoms with Crippen LogP contribution in [0.4, 0.5) is 0 Å². The minimum atomic E-state index is -0.487. The van der Waals surface area contributed by atoms with Gasteiger partial charge in [-0.05, 0) is 115 Å². The molecule has 0 N–H and O–H groups in total. The maximum absolute atomic E-state index is 6.24. The third-order valence-corrected chi connectivity index (χ3v) is 13.8. The summed E-state index contributed by atoms with van der Waals surface area (Å²) in [5, 5.41) is 2.20. The van der Waals surface area contributed by atoms with Crippen LogP contribution in [0, 0.1) is 0 Å². The molecule has 3 nitrogen and oxygen atoms in total. The van der Waals surface area contributed by atoms with E-state index in [1.54, 1.807) is 0 Å². The van der Waals surface area contributed by atoms with E-state index in [4.69, 9.17) is 14.4 Å². The summed E-state index contributed by atoms with van der Waals surface area (Å²) in [5.74, 6) is 0.673. The predicted molar refractivity (Wildman–Crippen MR) is 279 cm³/mol. The molecule has 318 valence electrons. The number of fused-ring (bicyclic) bond motifs is 6. The predicted octanol–water partition coefficient (Wildman–Crippen LogP) is 16.7. The molecule has 0 bridgehead atoms. The molecule has 3 heteroatoms. The minimum absolute atomic E-state index is 0.487. The highest BCUT2D eigenvalue weighted by molar-refractivity contribution is 6.06. The molecular weight excluding hydrogens is 825 g/mol. The topological polar surface area (TPSA) is 38.9 Å². The molecule has 0 atom stereocenters. The van der Waals surface area contributed by atoms with Gasteiger partial charge in [0.25, 0.3) is 0 Å². The molecule has 13 rings (SSSR count). The molecule has 12 aromatic rings. The fourth-order valence-corrected chi connectivity index (χ4v) is 10.7. The van der Waals surface area contributed by atoms with E-state index in [2.05, 4.69) is 224 Å². The van der Waals surface area contributed by atoms with Gasteiger partial charge in [0.1, 0.15) is 11.2 Å². The van der Waals surface area contributed by atoms with E-state index in [1.165, 1.54) is 38.9 Å². The molecule has 10 aromatic carbocycles. The molecule has 0 saturated heterocycles. The normalized spacial score (nSPS) is 12.5. The van der Waals surface area contributed by atoms with Gasteiger partial charge in [0.2, 0.25) is 0 Å². The van der Waals surface area contributed by atoms with Crippen molar-refractivity contribution in [2.24, 2.45) is 0 Å². The van der Waals surface area contributed by atoms with E-state index < -0.39 is 5.41 Å². The second kappa shape index (κ2) is 16.2. The zero-order chi connectivity index (χ0) is 45.0. The Bertz CT molecular complexity index is 3800. The second-order valence-electron chi connectivity index (χ2n) is 17.6. The van der Waals surface area contributed by atoms with Crippen molar-refractivity contribution in [3.05, 3.63) is 277 Å². The first-order valence-corrected chi connectivity index (χ1v) is 23.2. The number of para-hydroxylation sites is 1. The smallest absolute Gasteiger partial charge is 0.160 e. The van der Waals surface area contributed by atoms with Crippen molar-refractivity contribution in [3.63, 3.8) is 0 Å². The Morgan fingerprint density at radius 3 is 1.56 bits per heavy atom. The Morgan fingerprint density at radius 1 is 0.294 bits per heavy atom. The number of rotatable bonds is 8. The molecule has 2 aromatic heterocycles. The van der Waals surface area contributed by atoms with Gasteiger partial charge in [-0.3, -0.25) is 0 Å². The van der Waals surface area contributed by atoms with Gasteiger partial charge in [0.15, 0.2) is 5.82 Å². The third kappa shape index (κ3) is 6.51. The highest BCUT2D eigenvalue weighted by Gasteiger charge is 2.46. The van der Waals surface area contributed by atoms with Gasteiger partial charge < -0.3 is 4.42 Å². The van der Waals surface area contributed by atoms with Crippen LogP contribution in [-0.2, 0) is 5.41 Å². The SMILES string of the molecule is c1ccc(-c2cc(-c3ccc4oc5ccccc5c4c3)cc(-c3cc(-c4cccc(-c5cccc6c5-c5ccccc5C6(c5ccccc5)c5ccccc5)c4)nc(-c4ccccc4)n3)c2)cc1. The van der Waals surface area contributed by atoms with Gasteiger partial charge in [-0.25, -0.2) is 9.97 Å². The largest absolute Gasteiger partial charge is 0.456 e. The molecule has 0 unspecified atom stereocenters. The van der Waals surface area contributed by atoms with Gasteiger partial charge in [0, 0.05) is 27.5 Å². The molecule has 0 saturated carbocycles. The van der Waals surface area contributed by atoms with Crippen molar-refractivity contribution in [2.75, 3.05) is 0 Å². The Morgan fingerprint density at radius 2 is 0.809 bits per heavy atom. The molecule has 1 aliphatic carbocycles. The average Bonchev–Trinajstić information content (AvgIpc) is 3.95. The lowest BCUT2D eigenvalue weighted by Gasteiger charge is -2.34. The summed E-state index contributed by atoms with van der Waals surface area (Å²) in [4.78, 5) is 10.7. The fourth-order valence-electron chi connectivity index (χ4n) is 10.7. The van der Waals surface area contributed by atoms with E-state index >= 15 is 0 Å². The van der Waals surface area contributed by atoms with E-state index in [-0.39, 0.29) is 0 Å². The number of furan rings is 1. The van der Waals surface area contributed by atoms with Gasteiger partial charge in [0.05, 0.1) is 16.8 Å². The summed E-state index contributed by atoms with van der Waals surface area (Å²) in [6.07, 6.45) is 0. The third-order valence-electron chi connectivity index (χ3n) is 13.8. The van der Waals surface area contributed by atoms with Crippen LogP contribution < -0.4 is 0 Å². The fraction of sp³-hybridized carbons (Fsp3) is 0.0154. The molecule has 0 radical (unpaired) electrons. The van der Waals surface area contributed by atoms with Crippen molar-refractivity contribution in [2.45, 2.75) is 5.41 Å². The van der Waals surface area contributed by atoms with Crippen LogP contribution in [0.15, 0.2) is 259 Å². The van der Waals surface area contributed by atoms with Crippen molar-refractivity contribution in [1.82, 2.24) is 9.97 Å². The Hall–Kier alpha value is -8.92. The first kappa shape index (κ1) is 39.4. The number of nitrogens with zero attached hydrogens (tertiary/aromatic N) is 2. The van der Waals surface area contributed by atoms with E-state index in [0.29, 0.717) is 5.82 Å². The summed E-state index contributed by atoms with van der Waals surface area (Å²) in [6.45, 7) is 0. The van der Waals surface area contributed by atoms with E-state index in [9.17, 15) is 0 Å². The first-order chi connectivity index (χ1) is 33.7. The summed E-state index contributed by atoms with van der Waals surface area (Å²) in [5.41, 5.74) is 20.3. The minimum Gasteiger partial charge on any atom is -0.456 e. The molecule has 2 heterocycles. The van der Waals surface area contributed by atoms with Crippen LogP contribution in [-0.4, -0.2) is 9.97 Å². The van der Waals surface area contributed by atoms with E-state index in [1.807, 2.05) is 30.3 Å². The van der Waals surface area contributed by atoms with Crippen molar-refractivity contribution >= 4 is 21.9 Å². The Labute approximate surface area is 395 Å². The lowest BCUT2D eigenvalue weighted by molar-refractivity contribution is 0.669. The molecular formula is C65H42N2O.